The fraction of sp³-hybridized carbons (Fsp3) is 0.545. The number of halogens is 1. The molecule has 1 atom stereocenters. The van der Waals surface area contributed by atoms with Crippen LogP contribution < -0.4 is 5.54 Å². The lowest BCUT2D eigenvalue weighted by Crippen LogP contribution is -2.21. The summed E-state index contributed by atoms with van der Waals surface area (Å²) in [6.07, 6.45) is 2.47. The smallest absolute Gasteiger partial charge is 0.0805 e. The van der Waals surface area contributed by atoms with Crippen molar-refractivity contribution in [1.82, 2.24) is 15.4 Å². The second-order valence-corrected chi connectivity index (χ2v) is 4.01. The van der Waals surface area contributed by atoms with Crippen molar-refractivity contribution in [2.24, 2.45) is 0 Å². The summed E-state index contributed by atoms with van der Waals surface area (Å²) >= 11 is 0. The Hall–Kier alpha value is -1.00. The van der Waals surface area contributed by atoms with Gasteiger partial charge in [-0.1, -0.05) is 6.07 Å². The molecule has 0 amide bonds. The van der Waals surface area contributed by atoms with Gasteiger partial charge in [0.25, 0.3) is 0 Å². The molecule has 0 saturated carbocycles. The predicted octanol–water partition coefficient (Wildman–Crippen LogP) is 1.86. The molecule has 1 aromatic heterocycles. The highest BCUT2D eigenvalue weighted by Gasteiger charge is 2.12. The Kier molecular flexibility index (Phi) is 4.65. The molecule has 1 aromatic rings. The van der Waals surface area contributed by atoms with E-state index < -0.39 is 0 Å². The second-order valence-electron chi connectivity index (χ2n) is 4.01. The number of nitrogens with zero attached hydrogens (tertiary/aromatic N) is 2. The predicted molar refractivity (Wildman–Crippen MR) is 59.1 cm³/mol. The Balaban J connectivity index is 2.61. The molecule has 3 nitrogen and oxygen atoms in total. The minimum absolute atomic E-state index is 0.312. The molecule has 0 aliphatic rings. The highest BCUT2D eigenvalue weighted by Crippen LogP contribution is 2.14. The molecule has 1 rings (SSSR count). The Morgan fingerprint density at radius 3 is 2.67 bits per heavy atom. The Bertz CT molecular complexity index is 284. The van der Waals surface area contributed by atoms with Gasteiger partial charge in [-0.25, -0.2) is 0 Å². The van der Waals surface area contributed by atoms with E-state index in [-0.39, 0.29) is 6.04 Å². The molecule has 0 radical (unpaired) electrons. The van der Waals surface area contributed by atoms with Gasteiger partial charge < -0.3 is 4.90 Å². The molecule has 1 N–H and O–H groups in total. The average Bonchev–Trinajstić information content (AvgIpc) is 2.21. The Morgan fingerprint density at radius 2 is 2.20 bits per heavy atom. The normalized spacial score (nSPS) is 13.1. The van der Waals surface area contributed by atoms with Gasteiger partial charge in [-0.3, -0.25) is 4.98 Å². The van der Waals surface area contributed by atoms with Gasteiger partial charge in [-0.15, -0.1) is 4.48 Å². The molecule has 84 valence electrons. The molecule has 0 aliphatic heterocycles. The fourth-order valence-corrected chi connectivity index (χ4v) is 1.33. The van der Waals surface area contributed by atoms with Crippen molar-refractivity contribution in [2.75, 3.05) is 20.6 Å². The van der Waals surface area contributed by atoms with Crippen LogP contribution in [0.2, 0.25) is 0 Å². The van der Waals surface area contributed by atoms with Crippen LogP contribution in [0.4, 0.5) is 4.48 Å². The van der Waals surface area contributed by atoms with Gasteiger partial charge in [0.15, 0.2) is 0 Å². The highest BCUT2D eigenvalue weighted by molar-refractivity contribution is 5.14. The van der Waals surface area contributed by atoms with E-state index in [0.717, 1.165) is 17.8 Å². The van der Waals surface area contributed by atoms with E-state index in [0.29, 0.717) is 6.42 Å². The fourth-order valence-electron chi connectivity index (χ4n) is 1.33. The van der Waals surface area contributed by atoms with Crippen LogP contribution >= 0.6 is 0 Å². The zero-order chi connectivity index (χ0) is 11.3. The first-order chi connectivity index (χ1) is 7.13. The molecular formula is C11H18FN3. The van der Waals surface area contributed by atoms with E-state index in [4.69, 9.17) is 0 Å². The van der Waals surface area contributed by atoms with Crippen molar-refractivity contribution in [2.45, 2.75) is 19.4 Å². The quantitative estimate of drug-likeness (QED) is 0.753. The van der Waals surface area contributed by atoms with Crippen LogP contribution in [0, 0.1) is 6.92 Å². The minimum atomic E-state index is -0.312. The van der Waals surface area contributed by atoms with Crippen LogP contribution in [0.15, 0.2) is 18.3 Å². The number of aryl methyl sites for hydroxylation is 1. The number of hydrogen-bond acceptors (Lipinski definition) is 3. The first kappa shape index (κ1) is 12.1. The standard InChI is InChI=1S/C11H18FN3/c1-9-4-5-10(13-8-9)11(14-12)6-7-15(2)3/h4-5,8,11,14H,6-7H2,1-3H3. The summed E-state index contributed by atoms with van der Waals surface area (Å²) in [5, 5.41) is 0. The van der Waals surface area contributed by atoms with Crippen molar-refractivity contribution >= 4 is 0 Å². The molecule has 0 aliphatic carbocycles. The Morgan fingerprint density at radius 1 is 1.47 bits per heavy atom. The molecule has 0 saturated heterocycles. The van der Waals surface area contributed by atoms with Crippen LogP contribution in [0.25, 0.3) is 0 Å². The summed E-state index contributed by atoms with van der Waals surface area (Å²) < 4.78 is 12.6. The lowest BCUT2D eigenvalue weighted by atomic mass is 10.1. The first-order valence-corrected chi connectivity index (χ1v) is 5.07. The van der Waals surface area contributed by atoms with Crippen LogP contribution in [0.5, 0.6) is 0 Å². The average molecular weight is 211 g/mol. The maximum absolute atomic E-state index is 12.6. The zero-order valence-corrected chi connectivity index (χ0v) is 9.50. The molecular weight excluding hydrogens is 193 g/mol. The number of nitrogens with one attached hydrogen (secondary N) is 1. The molecule has 0 spiro atoms. The van der Waals surface area contributed by atoms with Crippen molar-refractivity contribution in [3.8, 4) is 0 Å². The molecule has 15 heavy (non-hydrogen) atoms. The highest BCUT2D eigenvalue weighted by atomic mass is 19.2. The monoisotopic (exact) mass is 211 g/mol. The lowest BCUT2D eigenvalue weighted by molar-refractivity contribution is 0.242. The van der Waals surface area contributed by atoms with Crippen molar-refractivity contribution in [3.63, 3.8) is 0 Å². The number of rotatable bonds is 5. The maximum atomic E-state index is 12.6. The van der Waals surface area contributed by atoms with E-state index in [9.17, 15) is 4.48 Å². The third-order valence-corrected chi connectivity index (χ3v) is 2.29. The van der Waals surface area contributed by atoms with Crippen LogP contribution in [0.1, 0.15) is 23.7 Å². The van der Waals surface area contributed by atoms with Crippen molar-refractivity contribution < 1.29 is 4.48 Å². The van der Waals surface area contributed by atoms with Gasteiger partial charge >= 0.3 is 0 Å². The van der Waals surface area contributed by atoms with E-state index >= 15 is 0 Å². The second kappa shape index (κ2) is 5.78. The molecule has 0 aromatic carbocycles. The largest absolute Gasteiger partial charge is 0.309 e. The maximum Gasteiger partial charge on any atom is 0.0805 e. The lowest BCUT2D eigenvalue weighted by Gasteiger charge is -2.16. The van der Waals surface area contributed by atoms with Gasteiger partial charge in [0, 0.05) is 6.20 Å². The van der Waals surface area contributed by atoms with Gasteiger partial charge in [-0.2, -0.15) is 5.54 Å². The molecule has 0 bridgehead atoms. The van der Waals surface area contributed by atoms with Crippen LogP contribution in [0.3, 0.4) is 0 Å². The van der Waals surface area contributed by atoms with Crippen LogP contribution in [-0.4, -0.2) is 30.5 Å². The molecule has 1 unspecified atom stereocenters. The van der Waals surface area contributed by atoms with E-state index in [1.165, 1.54) is 0 Å². The van der Waals surface area contributed by atoms with E-state index in [2.05, 4.69) is 4.98 Å². The zero-order valence-electron chi connectivity index (χ0n) is 9.50. The van der Waals surface area contributed by atoms with Crippen molar-refractivity contribution in [1.29, 1.82) is 0 Å². The van der Waals surface area contributed by atoms with E-state index in [1.54, 1.807) is 11.7 Å². The number of hydrogen-bond donors (Lipinski definition) is 1. The molecule has 0 fully saturated rings. The first-order valence-electron chi connectivity index (χ1n) is 5.07. The third kappa shape index (κ3) is 3.93. The summed E-state index contributed by atoms with van der Waals surface area (Å²) in [4.78, 5) is 6.23. The minimum Gasteiger partial charge on any atom is -0.309 e. The van der Waals surface area contributed by atoms with Gasteiger partial charge in [0.1, 0.15) is 0 Å². The summed E-state index contributed by atoms with van der Waals surface area (Å²) in [6.45, 7) is 2.80. The van der Waals surface area contributed by atoms with Gasteiger partial charge in [-0.05, 0) is 45.6 Å². The summed E-state index contributed by atoms with van der Waals surface area (Å²) in [5.41, 5.74) is 3.65. The topological polar surface area (TPSA) is 28.2 Å². The summed E-state index contributed by atoms with van der Waals surface area (Å²) in [6, 6.07) is 3.50. The summed E-state index contributed by atoms with van der Waals surface area (Å²) in [7, 11) is 3.94. The number of aromatic nitrogens is 1. The molecule has 4 heteroatoms. The third-order valence-electron chi connectivity index (χ3n) is 2.29. The number of pyridine rings is 1. The van der Waals surface area contributed by atoms with Crippen molar-refractivity contribution in [3.05, 3.63) is 29.6 Å². The van der Waals surface area contributed by atoms with E-state index in [1.807, 2.05) is 38.1 Å². The Labute approximate surface area is 90.3 Å². The van der Waals surface area contributed by atoms with Gasteiger partial charge in [0.05, 0.1) is 11.7 Å². The SMILES string of the molecule is Cc1ccc(C(CCN(C)C)NF)nc1. The van der Waals surface area contributed by atoms with Crippen LogP contribution in [-0.2, 0) is 0 Å². The summed E-state index contributed by atoms with van der Waals surface area (Å²) in [5.74, 6) is 0. The van der Waals surface area contributed by atoms with Gasteiger partial charge in [0.2, 0.25) is 0 Å². The molecule has 1 heterocycles.